The van der Waals surface area contributed by atoms with Crippen molar-refractivity contribution in [3.05, 3.63) is 41.1 Å². The molecule has 1 aliphatic carbocycles. The molecule has 3 aliphatic rings. The number of fused-ring (bicyclic) bond motifs is 1. The molecule has 4 rings (SSSR count). The Morgan fingerprint density at radius 1 is 1.36 bits per heavy atom. The number of allylic oxidation sites excluding steroid dienone is 1. The number of hydrogen-bond donors (Lipinski definition) is 1. The van der Waals surface area contributed by atoms with Gasteiger partial charge in [0.1, 0.15) is 0 Å². The standard InChI is InChI=1S/C21H25N3O3S/c1-3-27-20(26)17-13(2)22-21-24(10-5-11-28-21)18(17)15-6-4-7-16(12-15)23-19(25)14-8-9-14/h4,6-7,12,14,18H,3,5,8-11H2,1-2H3,(H,23,25). The van der Waals surface area contributed by atoms with Crippen LogP contribution in [0.1, 0.15) is 44.7 Å². The van der Waals surface area contributed by atoms with E-state index < -0.39 is 0 Å². The highest BCUT2D eigenvalue weighted by Crippen LogP contribution is 2.40. The van der Waals surface area contributed by atoms with Gasteiger partial charge in [-0.15, -0.1) is 0 Å². The molecule has 28 heavy (non-hydrogen) atoms. The smallest absolute Gasteiger partial charge is 0.338 e. The summed E-state index contributed by atoms with van der Waals surface area (Å²) in [5.41, 5.74) is 3.02. The number of carbonyl (C=O) groups is 2. The van der Waals surface area contributed by atoms with E-state index in [-0.39, 0.29) is 23.8 Å². The molecular formula is C21H25N3O3S. The van der Waals surface area contributed by atoms with Gasteiger partial charge in [-0.05, 0) is 50.8 Å². The van der Waals surface area contributed by atoms with E-state index in [1.807, 2.05) is 38.1 Å². The molecule has 1 atom stereocenters. The molecular weight excluding hydrogens is 374 g/mol. The molecule has 2 heterocycles. The molecule has 1 aromatic rings. The lowest BCUT2D eigenvalue weighted by Crippen LogP contribution is -2.42. The highest BCUT2D eigenvalue weighted by molar-refractivity contribution is 8.13. The Morgan fingerprint density at radius 2 is 2.18 bits per heavy atom. The average molecular weight is 400 g/mol. The van der Waals surface area contributed by atoms with Crippen molar-refractivity contribution in [3.63, 3.8) is 0 Å². The van der Waals surface area contributed by atoms with Gasteiger partial charge in [0.25, 0.3) is 0 Å². The molecule has 148 valence electrons. The van der Waals surface area contributed by atoms with Crippen molar-refractivity contribution < 1.29 is 14.3 Å². The number of esters is 1. The zero-order chi connectivity index (χ0) is 19.7. The highest BCUT2D eigenvalue weighted by atomic mass is 32.2. The van der Waals surface area contributed by atoms with Gasteiger partial charge in [0.2, 0.25) is 5.91 Å². The summed E-state index contributed by atoms with van der Waals surface area (Å²) in [5.74, 6) is 0.930. The first-order valence-corrected chi connectivity index (χ1v) is 10.8. The van der Waals surface area contributed by atoms with Crippen molar-refractivity contribution >= 4 is 34.5 Å². The SMILES string of the molecule is CCOC(=O)C1=C(C)N=C2SCCCN2C1c1cccc(NC(=O)C2CC2)c1. The predicted molar refractivity (Wildman–Crippen MR) is 111 cm³/mol. The van der Waals surface area contributed by atoms with Crippen molar-refractivity contribution in [2.75, 3.05) is 24.2 Å². The van der Waals surface area contributed by atoms with Crippen LogP contribution in [0.4, 0.5) is 5.69 Å². The van der Waals surface area contributed by atoms with Gasteiger partial charge in [-0.1, -0.05) is 23.9 Å². The molecule has 6 nitrogen and oxygen atoms in total. The number of anilines is 1. The summed E-state index contributed by atoms with van der Waals surface area (Å²) in [5, 5.41) is 3.96. The van der Waals surface area contributed by atoms with Crippen molar-refractivity contribution in [3.8, 4) is 0 Å². The maximum atomic E-state index is 12.8. The highest BCUT2D eigenvalue weighted by Gasteiger charge is 2.38. The first kappa shape index (κ1) is 19.1. The molecule has 1 aromatic carbocycles. The molecule has 0 aromatic heterocycles. The number of rotatable bonds is 5. The summed E-state index contributed by atoms with van der Waals surface area (Å²) in [4.78, 5) is 31.8. The van der Waals surface area contributed by atoms with Crippen molar-refractivity contribution in [1.82, 2.24) is 4.90 Å². The van der Waals surface area contributed by atoms with Crippen molar-refractivity contribution in [2.24, 2.45) is 10.9 Å². The fourth-order valence-corrected chi connectivity index (χ4v) is 4.68. The van der Waals surface area contributed by atoms with E-state index >= 15 is 0 Å². The Bertz CT molecular complexity index is 860. The van der Waals surface area contributed by atoms with Gasteiger partial charge in [-0.3, -0.25) is 4.79 Å². The van der Waals surface area contributed by atoms with Crippen molar-refractivity contribution in [1.29, 1.82) is 0 Å². The van der Waals surface area contributed by atoms with E-state index in [9.17, 15) is 9.59 Å². The van der Waals surface area contributed by atoms with Gasteiger partial charge in [-0.2, -0.15) is 0 Å². The number of amidine groups is 1. The van der Waals surface area contributed by atoms with Gasteiger partial charge < -0.3 is 15.0 Å². The Morgan fingerprint density at radius 3 is 2.93 bits per heavy atom. The largest absolute Gasteiger partial charge is 0.463 e. The Labute approximate surface area is 169 Å². The van der Waals surface area contributed by atoms with Gasteiger partial charge in [0.15, 0.2) is 5.17 Å². The molecule has 1 saturated carbocycles. The maximum absolute atomic E-state index is 12.8. The molecule has 2 fully saturated rings. The first-order valence-electron chi connectivity index (χ1n) is 9.85. The molecule has 0 bridgehead atoms. The lowest BCUT2D eigenvalue weighted by molar-refractivity contribution is -0.139. The van der Waals surface area contributed by atoms with Gasteiger partial charge in [0.05, 0.1) is 23.9 Å². The number of ether oxygens (including phenoxy) is 1. The molecule has 0 spiro atoms. The van der Waals surface area contributed by atoms with Crippen LogP contribution in [0.15, 0.2) is 40.5 Å². The van der Waals surface area contributed by atoms with Crippen LogP contribution >= 0.6 is 11.8 Å². The van der Waals surface area contributed by atoms with E-state index in [1.54, 1.807) is 11.8 Å². The molecule has 1 unspecified atom stereocenters. The summed E-state index contributed by atoms with van der Waals surface area (Å²) in [6, 6.07) is 7.55. The molecule has 1 amide bonds. The topological polar surface area (TPSA) is 71.0 Å². The van der Waals surface area contributed by atoms with Gasteiger partial charge in [-0.25, -0.2) is 9.79 Å². The summed E-state index contributed by atoms with van der Waals surface area (Å²) < 4.78 is 5.35. The van der Waals surface area contributed by atoms with Gasteiger partial charge >= 0.3 is 5.97 Å². The number of carbonyl (C=O) groups excluding carboxylic acids is 2. The minimum absolute atomic E-state index is 0.0777. The second kappa shape index (κ2) is 7.99. The second-order valence-electron chi connectivity index (χ2n) is 7.30. The van der Waals surface area contributed by atoms with Crippen LogP contribution in [0.2, 0.25) is 0 Å². The Kier molecular flexibility index (Phi) is 5.44. The lowest BCUT2D eigenvalue weighted by atomic mass is 9.94. The number of nitrogens with zero attached hydrogens (tertiary/aromatic N) is 2. The quantitative estimate of drug-likeness (QED) is 0.764. The van der Waals surface area contributed by atoms with Gasteiger partial charge in [0, 0.05) is 23.9 Å². The summed E-state index contributed by atoms with van der Waals surface area (Å²) in [6.07, 6.45) is 2.97. The predicted octanol–water partition coefficient (Wildman–Crippen LogP) is 3.72. The summed E-state index contributed by atoms with van der Waals surface area (Å²) in [6.45, 7) is 4.85. The van der Waals surface area contributed by atoms with E-state index in [4.69, 9.17) is 4.74 Å². The Balaban J connectivity index is 1.70. The van der Waals surface area contributed by atoms with Crippen molar-refractivity contribution in [2.45, 2.75) is 39.2 Å². The van der Waals surface area contributed by atoms with Crippen LogP contribution in [0.3, 0.4) is 0 Å². The normalized spacial score (nSPS) is 21.7. The third-order valence-electron chi connectivity index (χ3n) is 5.17. The average Bonchev–Trinajstić information content (AvgIpc) is 3.52. The molecule has 1 N–H and O–H groups in total. The van der Waals surface area contributed by atoms with E-state index in [1.165, 1.54) is 0 Å². The zero-order valence-corrected chi connectivity index (χ0v) is 17.1. The summed E-state index contributed by atoms with van der Waals surface area (Å²) >= 11 is 1.72. The third-order valence-corrected chi connectivity index (χ3v) is 6.25. The third kappa shape index (κ3) is 3.81. The van der Waals surface area contributed by atoms with E-state index in [0.717, 1.165) is 48.0 Å². The number of amides is 1. The van der Waals surface area contributed by atoms with Crippen LogP contribution in [-0.2, 0) is 14.3 Å². The summed E-state index contributed by atoms with van der Waals surface area (Å²) in [7, 11) is 0. The van der Waals surface area contributed by atoms with Crippen LogP contribution in [0, 0.1) is 5.92 Å². The molecule has 0 radical (unpaired) electrons. The number of thioether (sulfide) groups is 1. The fourth-order valence-electron chi connectivity index (χ4n) is 3.66. The zero-order valence-electron chi connectivity index (χ0n) is 16.2. The van der Waals surface area contributed by atoms with Crippen LogP contribution in [0.5, 0.6) is 0 Å². The maximum Gasteiger partial charge on any atom is 0.338 e. The van der Waals surface area contributed by atoms with E-state index in [2.05, 4.69) is 15.2 Å². The minimum atomic E-state index is -0.323. The lowest BCUT2D eigenvalue weighted by Gasteiger charge is -2.40. The fraction of sp³-hybridized carbons (Fsp3) is 0.476. The van der Waals surface area contributed by atoms with E-state index in [0.29, 0.717) is 17.9 Å². The monoisotopic (exact) mass is 399 g/mol. The number of hydrogen-bond acceptors (Lipinski definition) is 6. The minimum Gasteiger partial charge on any atom is -0.463 e. The Hall–Kier alpha value is -2.28. The number of benzene rings is 1. The molecule has 2 aliphatic heterocycles. The molecule has 1 saturated heterocycles. The number of nitrogens with one attached hydrogen (secondary N) is 1. The number of aliphatic imine (C=N–C) groups is 1. The van der Waals surface area contributed by atoms with Crippen LogP contribution in [0.25, 0.3) is 0 Å². The van der Waals surface area contributed by atoms with Crippen LogP contribution < -0.4 is 5.32 Å². The second-order valence-corrected chi connectivity index (χ2v) is 8.36. The molecule has 7 heteroatoms. The van der Waals surface area contributed by atoms with Crippen LogP contribution in [-0.4, -0.2) is 40.8 Å². The first-order chi connectivity index (χ1) is 13.6.